The van der Waals surface area contributed by atoms with E-state index in [9.17, 15) is 0 Å². The number of nitrogens with zero attached hydrogens (tertiary/aromatic N) is 2. The van der Waals surface area contributed by atoms with E-state index in [0.29, 0.717) is 0 Å². The van der Waals surface area contributed by atoms with Crippen LogP contribution in [-0.2, 0) is 48.7 Å². The average Bonchev–Trinajstić information content (AvgIpc) is 3.69. The summed E-state index contributed by atoms with van der Waals surface area (Å²) in [5.74, 6) is 0. The Kier molecular flexibility index (Phi) is 9.29. The first-order chi connectivity index (χ1) is 31.9. The van der Waals surface area contributed by atoms with Crippen LogP contribution in [0.25, 0.3) is 0 Å². The SMILES string of the molecule is Cc1cc2c(cc1N1c3cc(C(C)(C)C)cc4c3B(c3cc5c(cc3N4c3ccc4c(c3)C(C)(C)CCC4(C)C)C3(C)CCC5(C)CC3)c3c1sc1c3C(C)(C)CCC1(C)C)C(C)(C)CCC2(C)C. The van der Waals surface area contributed by atoms with Gasteiger partial charge in [-0.15, -0.1) is 11.3 Å². The Labute approximate surface area is 422 Å². The molecule has 0 saturated heterocycles. The van der Waals surface area contributed by atoms with Crippen LogP contribution in [0.3, 0.4) is 0 Å². The van der Waals surface area contributed by atoms with Gasteiger partial charge in [0, 0.05) is 27.6 Å². The molecule has 5 aromatic rings. The smallest absolute Gasteiger partial charge is 0.253 e. The molecule has 2 bridgehead atoms. The molecule has 8 aliphatic rings. The molecule has 2 nitrogen and oxygen atoms in total. The van der Waals surface area contributed by atoms with E-state index in [1.807, 2.05) is 0 Å². The lowest BCUT2D eigenvalue weighted by Gasteiger charge is -2.53. The number of benzene rings is 4. The van der Waals surface area contributed by atoms with Crippen molar-refractivity contribution in [2.45, 2.75) is 238 Å². The summed E-state index contributed by atoms with van der Waals surface area (Å²) in [7, 11) is 0. The molecule has 1 aromatic heterocycles. The third kappa shape index (κ3) is 6.33. The van der Waals surface area contributed by atoms with Gasteiger partial charge in [-0.3, -0.25) is 0 Å². The second-order valence-corrected chi connectivity index (χ2v) is 30.6. The van der Waals surface area contributed by atoms with E-state index < -0.39 is 0 Å². The third-order valence-corrected chi connectivity index (χ3v) is 22.4. The van der Waals surface area contributed by atoms with Crippen LogP contribution in [0.2, 0.25) is 0 Å². The Balaban J connectivity index is 1.25. The zero-order valence-corrected chi connectivity index (χ0v) is 47.0. The van der Waals surface area contributed by atoms with Gasteiger partial charge in [0.15, 0.2) is 0 Å². The predicted molar refractivity (Wildman–Crippen MR) is 301 cm³/mol. The first-order valence-electron chi connectivity index (χ1n) is 27.4. The minimum absolute atomic E-state index is 0.0431. The van der Waals surface area contributed by atoms with Crippen LogP contribution in [0.1, 0.15) is 237 Å². The van der Waals surface area contributed by atoms with E-state index in [1.54, 1.807) is 38.2 Å². The topological polar surface area (TPSA) is 6.48 Å². The van der Waals surface area contributed by atoms with Crippen LogP contribution in [0, 0.1) is 6.92 Å². The van der Waals surface area contributed by atoms with Crippen molar-refractivity contribution in [3.8, 4) is 0 Å². The Bertz CT molecular complexity index is 3060. The lowest BCUT2D eigenvalue weighted by atomic mass is 9.32. The van der Waals surface area contributed by atoms with Gasteiger partial charge in [-0.05, 0) is 223 Å². The summed E-state index contributed by atoms with van der Waals surface area (Å²) in [6.45, 7) is 45.4. The average molecular weight is 935 g/mol. The van der Waals surface area contributed by atoms with Crippen molar-refractivity contribution >= 4 is 67.9 Å². The second-order valence-electron chi connectivity index (χ2n) is 29.6. The molecule has 3 heterocycles. The maximum atomic E-state index is 2.85. The van der Waals surface area contributed by atoms with Crippen molar-refractivity contribution in [3.05, 3.63) is 110 Å². The fourth-order valence-electron chi connectivity index (χ4n) is 15.4. The molecule has 13 rings (SSSR count). The van der Waals surface area contributed by atoms with Crippen LogP contribution in [0.4, 0.5) is 33.4 Å². The van der Waals surface area contributed by atoms with Crippen molar-refractivity contribution in [2.24, 2.45) is 0 Å². The summed E-state index contributed by atoms with van der Waals surface area (Å²) >= 11 is 2.16. The molecule has 0 atom stereocenters. The molecular weight excluding hydrogens is 852 g/mol. The highest BCUT2D eigenvalue weighted by molar-refractivity contribution is 7.20. The number of rotatable bonds is 2. The van der Waals surface area contributed by atoms with Crippen LogP contribution in [-0.4, -0.2) is 6.71 Å². The highest BCUT2D eigenvalue weighted by Crippen LogP contribution is 2.61. The van der Waals surface area contributed by atoms with E-state index in [4.69, 9.17) is 0 Å². The van der Waals surface area contributed by atoms with Crippen molar-refractivity contribution < 1.29 is 0 Å². The predicted octanol–water partition coefficient (Wildman–Crippen LogP) is 16.6. The number of hydrogen-bond acceptors (Lipinski definition) is 3. The summed E-state index contributed by atoms with van der Waals surface area (Å²) in [4.78, 5) is 7.29. The van der Waals surface area contributed by atoms with Crippen molar-refractivity contribution in [3.63, 3.8) is 0 Å². The molecule has 362 valence electrons. The molecule has 0 radical (unpaired) electrons. The Hall–Kier alpha value is -3.76. The van der Waals surface area contributed by atoms with Crippen LogP contribution >= 0.6 is 11.3 Å². The monoisotopic (exact) mass is 935 g/mol. The summed E-state index contributed by atoms with van der Waals surface area (Å²) in [6.07, 6.45) is 12.4. The van der Waals surface area contributed by atoms with Crippen molar-refractivity contribution in [1.29, 1.82) is 0 Å². The van der Waals surface area contributed by atoms with Gasteiger partial charge in [0.2, 0.25) is 0 Å². The Morgan fingerprint density at radius 2 is 0.928 bits per heavy atom. The fourth-order valence-corrected chi connectivity index (χ4v) is 17.1. The normalized spacial score (nSPS) is 26.6. The molecule has 0 spiro atoms. The van der Waals surface area contributed by atoms with Gasteiger partial charge in [-0.1, -0.05) is 136 Å². The number of thiophene rings is 1. The zero-order chi connectivity index (χ0) is 49.3. The first-order valence-corrected chi connectivity index (χ1v) is 28.2. The van der Waals surface area contributed by atoms with E-state index in [1.165, 1.54) is 131 Å². The Morgan fingerprint density at radius 3 is 1.51 bits per heavy atom. The molecule has 1 saturated carbocycles. The van der Waals surface area contributed by atoms with Gasteiger partial charge in [0.1, 0.15) is 0 Å². The number of aryl methyl sites for hydroxylation is 1. The third-order valence-electron chi connectivity index (χ3n) is 20.8. The number of anilines is 6. The molecule has 0 N–H and O–H groups in total. The van der Waals surface area contributed by atoms with E-state index >= 15 is 0 Å². The maximum absolute atomic E-state index is 2.85. The molecule has 69 heavy (non-hydrogen) atoms. The Morgan fingerprint density at radius 1 is 0.449 bits per heavy atom. The molecule has 0 amide bonds. The quantitative estimate of drug-likeness (QED) is 0.159. The van der Waals surface area contributed by atoms with Gasteiger partial charge < -0.3 is 9.80 Å². The van der Waals surface area contributed by atoms with Crippen LogP contribution in [0.15, 0.2) is 54.6 Å². The molecule has 2 aliphatic heterocycles. The fraction of sp³-hybridized carbons (Fsp3) is 0.569. The summed E-state index contributed by atoms with van der Waals surface area (Å²) in [5.41, 5.74) is 26.4. The van der Waals surface area contributed by atoms with Gasteiger partial charge in [0.25, 0.3) is 6.71 Å². The molecular formula is C65H83BN2S. The van der Waals surface area contributed by atoms with Crippen LogP contribution in [0.5, 0.6) is 0 Å². The van der Waals surface area contributed by atoms with E-state index in [-0.39, 0.29) is 55.4 Å². The van der Waals surface area contributed by atoms with E-state index in [2.05, 4.69) is 200 Å². The summed E-state index contributed by atoms with van der Waals surface area (Å²) in [6, 6.07) is 24.0. The molecule has 1 fully saturated rings. The first kappa shape index (κ1) is 46.3. The van der Waals surface area contributed by atoms with Gasteiger partial charge in [-0.2, -0.15) is 0 Å². The van der Waals surface area contributed by atoms with Crippen LogP contribution < -0.4 is 26.2 Å². The van der Waals surface area contributed by atoms with Gasteiger partial charge in [0.05, 0.1) is 10.7 Å². The molecule has 4 aromatic carbocycles. The van der Waals surface area contributed by atoms with E-state index in [0.717, 1.165) is 0 Å². The minimum Gasteiger partial charge on any atom is -0.311 e. The second kappa shape index (κ2) is 13.8. The molecule has 0 unspecified atom stereocenters. The summed E-state index contributed by atoms with van der Waals surface area (Å²) in [5, 5.41) is 1.48. The van der Waals surface area contributed by atoms with Crippen molar-refractivity contribution in [2.75, 3.05) is 9.80 Å². The lowest BCUT2D eigenvalue weighted by molar-refractivity contribution is 0.188. The van der Waals surface area contributed by atoms with Gasteiger partial charge >= 0.3 is 0 Å². The molecule has 4 heteroatoms. The molecule has 6 aliphatic carbocycles. The van der Waals surface area contributed by atoms with Crippen molar-refractivity contribution in [1.82, 2.24) is 0 Å². The number of fused-ring (bicyclic) bond motifs is 10. The summed E-state index contributed by atoms with van der Waals surface area (Å²) < 4.78 is 0. The standard InChI is InChI=1S/C65H83BN2S/c1-38-31-42-44(61(11,12)24-23-59(42,7)8)36-48(38)68-51-33-39(57(2,3)4)32-50-53(51)66(54-52-55(69-56(54)68)63(15,16)26-25-62(52,13)14)47-35-45-46(65(18)29-27-64(45,17)28-30-65)37-49(47)67(50)40-19-20-41-43(34-40)60(9,10)22-21-58(41,5)6/h19-20,31-37H,21-30H2,1-18H3. The zero-order valence-electron chi connectivity index (χ0n) is 46.1. The minimum atomic E-state index is -0.0759. The largest absolute Gasteiger partial charge is 0.311 e. The maximum Gasteiger partial charge on any atom is 0.253 e. The van der Waals surface area contributed by atoms with Gasteiger partial charge in [-0.25, -0.2) is 0 Å². The highest BCUT2D eigenvalue weighted by atomic mass is 32.1. The highest BCUT2D eigenvalue weighted by Gasteiger charge is 2.55. The number of hydrogen-bond donors (Lipinski definition) is 0. The lowest BCUT2D eigenvalue weighted by Crippen LogP contribution is -2.63.